The van der Waals surface area contributed by atoms with Crippen molar-refractivity contribution in [3.8, 4) is 0 Å². The number of nitrogens with one attached hydrogen (secondary N) is 2. The van der Waals surface area contributed by atoms with Crippen LogP contribution in [0.1, 0.15) is 0 Å². The summed E-state index contributed by atoms with van der Waals surface area (Å²) in [5.41, 5.74) is 2.27. The van der Waals surface area contributed by atoms with Crippen molar-refractivity contribution >= 4 is 27.4 Å². The second kappa shape index (κ2) is 5.99. The van der Waals surface area contributed by atoms with Crippen molar-refractivity contribution in [1.29, 1.82) is 0 Å². The molecule has 1 aliphatic rings. The van der Waals surface area contributed by atoms with Gasteiger partial charge in [-0.2, -0.15) is 0 Å². The minimum atomic E-state index is -3.70. The van der Waals surface area contributed by atoms with Crippen LogP contribution in [-0.4, -0.2) is 44.7 Å². The molecular formula is C9H14ClN5O3S. The standard InChI is InChI=1S/C9H14ClN5O3S/c10-8-5-7(6-12-9(8)13-11)19(16,17)14-15-1-3-18-4-2-15/h5-6,14H,1-4,11H2,(H,12,13). The van der Waals surface area contributed by atoms with Gasteiger partial charge in [0.2, 0.25) is 0 Å². The third kappa shape index (κ3) is 3.53. The van der Waals surface area contributed by atoms with Crippen LogP contribution in [-0.2, 0) is 14.8 Å². The zero-order chi connectivity index (χ0) is 13.9. The van der Waals surface area contributed by atoms with Crippen LogP contribution in [0.4, 0.5) is 5.82 Å². The molecule has 1 fully saturated rings. The van der Waals surface area contributed by atoms with Gasteiger partial charge in [-0.1, -0.05) is 11.6 Å². The molecule has 0 bridgehead atoms. The Bertz CT molecular complexity index is 547. The number of sulfonamides is 1. The van der Waals surface area contributed by atoms with Crippen LogP contribution in [0.2, 0.25) is 5.02 Å². The number of hydrogen-bond donors (Lipinski definition) is 3. The first-order valence-corrected chi connectivity index (χ1v) is 7.36. The molecule has 0 aromatic carbocycles. The van der Waals surface area contributed by atoms with E-state index in [4.69, 9.17) is 22.2 Å². The van der Waals surface area contributed by atoms with Gasteiger partial charge in [0.15, 0.2) is 5.82 Å². The minimum absolute atomic E-state index is 0.0250. The highest BCUT2D eigenvalue weighted by atomic mass is 35.5. The maximum Gasteiger partial charge on any atom is 0.255 e. The van der Waals surface area contributed by atoms with Gasteiger partial charge in [-0.05, 0) is 6.07 Å². The number of hydrogen-bond acceptors (Lipinski definition) is 7. The number of morpholine rings is 1. The van der Waals surface area contributed by atoms with Crippen LogP contribution in [0.25, 0.3) is 0 Å². The van der Waals surface area contributed by atoms with Gasteiger partial charge < -0.3 is 10.2 Å². The predicted molar refractivity (Wildman–Crippen MR) is 69.8 cm³/mol. The van der Waals surface area contributed by atoms with E-state index in [1.54, 1.807) is 5.01 Å². The Morgan fingerprint density at radius 3 is 2.68 bits per heavy atom. The monoisotopic (exact) mass is 307 g/mol. The first-order chi connectivity index (χ1) is 9.03. The number of pyridine rings is 1. The SMILES string of the molecule is NNc1ncc(S(=O)(=O)NN2CCOCC2)cc1Cl. The molecule has 0 unspecified atom stereocenters. The Hall–Kier alpha value is -0.970. The van der Waals surface area contributed by atoms with E-state index in [1.165, 1.54) is 12.3 Å². The molecule has 1 saturated heterocycles. The Balaban J connectivity index is 2.16. The van der Waals surface area contributed by atoms with E-state index >= 15 is 0 Å². The molecule has 1 aromatic heterocycles. The smallest absolute Gasteiger partial charge is 0.255 e. The van der Waals surface area contributed by atoms with Gasteiger partial charge in [-0.3, -0.25) is 0 Å². The molecule has 4 N–H and O–H groups in total. The number of aromatic nitrogens is 1. The van der Waals surface area contributed by atoms with E-state index in [0.717, 1.165) is 0 Å². The summed E-state index contributed by atoms with van der Waals surface area (Å²) in [6, 6.07) is 1.28. The highest BCUT2D eigenvalue weighted by Crippen LogP contribution is 2.21. The Kier molecular flexibility index (Phi) is 4.55. The van der Waals surface area contributed by atoms with Gasteiger partial charge in [0, 0.05) is 19.3 Å². The molecular weight excluding hydrogens is 294 g/mol. The summed E-state index contributed by atoms with van der Waals surface area (Å²) >= 11 is 5.85. The summed E-state index contributed by atoms with van der Waals surface area (Å²) in [4.78, 5) is 6.25. The lowest BCUT2D eigenvalue weighted by atomic mass is 10.5. The number of nitrogens with zero attached hydrogens (tertiary/aromatic N) is 2. The molecule has 0 radical (unpaired) electrons. The zero-order valence-electron chi connectivity index (χ0n) is 9.97. The Morgan fingerprint density at radius 2 is 2.11 bits per heavy atom. The third-order valence-corrected chi connectivity index (χ3v) is 4.15. The highest BCUT2D eigenvalue weighted by molar-refractivity contribution is 7.89. The van der Waals surface area contributed by atoms with Crippen molar-refractivity contribution in [1.82, 2.24) is 14.8 Å². The van der Waals surface area contributed by atoms with Crippen molar-refractivity contribution in [3.05, 3.63) is 17.3 Å². The largest absolute Gasteiger partial charge is 0.379 e. The number of ether oxygens (including phenoxy) is 1. The van der Waals surface area contributed by atoms with Crippen LogP contribution in [0.3, 0.4) is 0 Å². The first kappa shape index (κ1) is 14.4. The Labute approximate surface area is 115 Å². The molecule has 0 spiro atoms. The number of halogens is 1. The molecule has 0 saturated carbocycles. The topological polar surface area (TPSA) is 110 Å². The van der Waals surface area contributed by atoms with Gasteiger partial charge in [0.1, 0.15) is 4.90 Å². The summed E-state index contributed by atoms with van der Waals surface area (Å²) in [7, 11) is -3.70. The molecule has 2 heterocycles. The number of rotatable bonds is 4. The van der Waals surface area contributed by atoms with Gasteiger partial charge in [-0.25, -0.2) is 24.3 Å². The van der Waals surface area contributed by atoms with Gasteiger partial charge in [0.25, 0.3) is 10.0 Å². The quantitative estimate of drug-likeness (QED) is 0.510. The molecule has 19 heavy (non-hydrogen) atoms. The molecule has 1 aliphatic heterocycles. The molecule has 106 valence electrons. The number of hydrazine groups is 2. The van der Waals surface area contributed by atoms with Crippen molar-refractivity contribution < 1.29 is 13.2 Å². The lowest BCUT2D eigenvalue weighted by molar-refractivity contribution is 0.0272. The molecule has 0 aliphatic carbocycles. The van der Waals surface area contributed by atoms with Gasteiger partial charge >= 0.3 is 0 Å². The number of nitrogen functional groups attached to an aromatic ring is 1. The fourth-order valence-electron chi connectivity index (χ4n) is 1.55. The lowest BCUT2D eigenvalue weighted by Crippen LogP contribution is -2.48. The summed E-state index contributed by atoms with van der Waals surface area (Å²) < 4.78 is 29.4. The summed E-state index contributed by atoms with van der Waals surface area (Å²) in [6.07, 6.45) is 1.18. The lowest BCUT2D eigenvalue weighted by Gasteiger charge is -2.26. The van der Waals surface area contributed by atoms with Crippen LogP contribution >= 0.6 is 11.6 Å². The normalized spacial score (nSPS) is 17.4. The second-order valence-electron chi connectivity index (χ2n) is 3.84. The molecule has 10 heteroatoms. The average Bonchev–Trinajstić information content (AvgIpc) is 2.39. The third-order valence-electron chi connectivity index (χ3n) is 2.52. The minimum Gasteiger partial charge on any atom is -0.379 e. The fourth-order valence-corrected chi connectivity index (χ4v) is 2.93. The van der Waals surface area contributed by atoms with Crippen LogP contribution in [0, 0.1) is 0 Å². The van der Waals surface area contributed by atoms with E-state index in [2.05, 4.69) is 15.2 Å². The predicted octanol–water partition coefficient (Wildman–Crippen LogP) is -0.454. The van der Waals surface area contributed by atoms with Gasteiger partial charge in [0.05, 0.1) is 18.2 Å². The molecule has 8 nitrogen and oxygen atoms in total. The van der Waals surface area contributed by atoms with Crippen LogP contribution in [0.15, 0.2) is 17.2 Å². The average molecular weight is 308 g/mol. The molecule has 0 atom stereocenters. The maximum absolute atomic E-state index is 12.1. The second-order valence-corrected chi connectivity index (χ2v) is 5.91. The van der Waals surface area contributed by atoms with Crippen molar-refractivity contribution in [2.75, 3.05) is 31.7 Å². The fraction of sp³-hybridized carbons (Fsp3) is 0.444. The summed E-state index contributed by atoms with van der Waals surface area (Å²) in [6.45, 7) is 1.95. The number of nitrogens with two attached hydrogens (primary N) is 1. The molecule has 2 rings (SSSR count). The van der Waals surface area contributed by atoms with Crippen molar-refractivity contribution in [2.45, 2.75) is 4.90 Å². The molecule has 0 amide bonds. The van der Waals surface area contributed by atoms with Crippen molar-refractivity contribution in [3.63, 3.8) is 0 Å². The Morgan fingerprint density at radius 1 is 1.42 bits per heavy atom. The number of anilines is 1. The summed E-state index contributed by atoms with van der Waals surface area (Å²) in [5.74, 6) is 5.39. The summed E-state index contributed by atoms with van der Waals surface area (Å²) in [5, 5.41) is 1.70. The zero-order valence-corrected chi connectivity index (χ0v) is 11.5. The van der Waals surface area contributed by atoms with Crippen LogP contribution in [0.5, 0.6) is 0 Å². The van der Waals surface area contributed by atoms with Crippen LogP contribution < -0.4 is 16.1 Å². The van der Waals surface area contributed by atoms with E-state index in [-0.39, 0.29) is 15.7 Å². The van der Waals surface area contributed by atoms with Gasteiger partial charge in [-0.15, -0.1) is 4.83 Å². The van der Waals surface area contributed by atoms with E-state index < -0.39 is 10.0 Å². The first-order valence-electron chi connectivity index (χ1n) is 5.50. The van der Waals surface area contributed by atoms with E-state index in [0.29, 0.717) is 26.3 Å². The highest BCUT2D eigenvalue weighted by Gasteiger charge is 2.21. The van der Waals surface area contributed by atoms with E-state index in [1.807, 2.05) is 0 Å². The van der Waals surface area contributed by atoms with Crippen molar-refractivity contribution in [2.24, 2.45) is 5.84 Å². The van der Waals surface area contributed by atoms with E-state index in [9.17, 15) is 8.42 Å². The maximum atomic E-state index is 12.1. The molecule has 1 aromatic rings.